The summed E-state index contributed by atoms with van der Waals surface area (Å²) in [5, 5.41) is 11.2. The number of carbonyl (C=O) groups is 3. The maximum absolute atomic E-state index is 14.0. The van der Waals surface area contributed by atoms with Gasteiger partial charge in [0.2, 0.25) is 0 Å². The van der Waals surface area contributed by atoms with Crippen molar-refractivity contribution in [3.05, 3.63) is 35.8 Å². The van der Waals surface area contributed by atoms with Gasteiger partial charge in [-0.3, -0.25) is 9.59 Å². The van der Waals surface area contributed by atoms with Gasteiger partial charge in [-0.2, -0.15) is 0 Å². The van der Waals surface area contributed by atoms with Crippen LogP contribution in [0, 0.1) is 22.2 Å². The van der Waals surface area contributed by atoms with E-state index >= 15 is 0 Å². The van der Waals surface area contributed by atoms with Crippen LogP contribution in [-0.4, -0.2) is 47.1 Å². The minimum Gasteiger partial charge on any atom is -0.472 e. The summed E-state index contributed by atoms with van der Waals surface area (Å²) in [5.74, 6) is -2.23. The number of allylic oxidation sites excluding steroid dienone is 1. The molecule has 4 aliphatic rings. The molecule has 1 spiro atoms. The van der Waals surface area contributed by atoms with Crippen LogP contribution in [0.4, 0.5) is 0 Å². The van der Waals surface area contributed by atoms with Gasteiger partial charge in [0.25, 0.3) is 0 Å². The largest absolute Gasteiger partial charge is 0.472 e. The van der Waals surface area contributed by atoms with Crippen LogP contribution in [0.3, 0.4) is 0 Å². The van der Waals surface area contributed by atoms with Gasteiger partial charge in [0.15, 0.2) is 6.29 Å². The van der Waals surface area contributed by atoms with Crippen LogP contribution in [0.1, 0.15) is 72.5 Å². The average Bonchev–Trinajstić information content (AvgIpc) is 3.56. The molecule has 1 N–H and O–H groups in total. The van der Waals surface area contributed by atoms with Crippen molar-refractivity contribution in [2.24, 2.45) is 22.2 Å². The summed E-state index contributed by atoms with van der Waals surface area (Å²) in [6.07, 6.45) is 2.22. The predicted molar refractivity (Wildman–Crippen MR) is 124 cm³/mol. The molecule has 9 nitrogen and oxygen atoms in total. The Kier molecular flexibility index (Phi) is 5.51. The molecule has 0 unspecified atom stereocenters. The number of esters is 3. The average molecular weight is 503 g/mol. The molecule has 0 aromatic carbocycles. The Hall–Kier alpha value is -2.65. The van der Waals surface area contributed by atoms with E-state index in [1.165, 1.54) is 13.2 Å². The molecule has 2 aliphatic carbocycles. The number of ether oxygens (including phenoxy) is 4. The molecule has 2 bridgehead atoms. The zero-order chi connectivity index (χ0) is 26.3. The van der Waals surface area contributed by atoms with E-state index in [0.717, 1.165) is 0 Å². The fourth-order valence-electron chi connectivity index (χ4n) is 7.74. The van der Waals surface area contributed by atoms with E-state index in [1.54, 1.807) is 32.3 Å². The van der Waals surface area contributed by atoms with Gasteiger partial charge in [0.05, 0.1) is 18.1 Å². The fraction of sp³-hybridized carbons (Fsp3) is 0.667. The van der Waals surface area contributed by atoms with Crippen molar-refractivity contribution in [3.8, 4) is 0 Å². The molecule has 5 rings (SSSR count). The summed E-state index contributed by atoms with van der Waals surface area (Å²) in [7, 11) is 0. The lowest BCUT2D eigenvalue weighted by molar-refractivity contribution is -0.281. The third-order valence-corrected chi connectivity index (χ3v) is 10.1. The first kappa shape index (κ1) is 25.0. The summed E-state index contributed by atoms with van der Waals surface area (Å²) >= 11 is 0. The normalized spacial score (nSPS) is 45.5. The van der Waals surface area contributed by atoms with E-state index in [0.29, 0.717) is 24.0 Å². The Labute approximate surface area is 210 Å². The highest BCUT2D eigenvalue weighted by Crippen LogP contribution is 2.79. The maximum atomic E-state index is 14.0. The lowest BCUT2D eigenvalue weighted by Crippen LogP contribution is -2.73. The van der Waals surface area contributed by atoms with Crippen LogP contribution >= 0.6 is 0 Å². The number of hydrogen-bond donors (Lipinski definition) is 1. The second-order valence-electron chi connectivity index (χ2n) is 11.2. The highest BCUT2D eigenvalue weighted by molar-refractivity contribution is 5.88. The molecule has 1 aromatic heterocycles. The highest BCUT2D eigenvalue weighted by Gasteiger charge is 2.89. The van der Waals surface area contributed by atoms with E-state index in [-0.39, 0.29) is 6.42 Å². The predicted octanol–water partition coefficient (Wildman–Crippen LogP) is 3.61. The van der Waals surface area contributed by atoms with Crippen LogP contribution in [0.5, 0.6) is 0 Å². The van der Waals surface area contributed by atoms with Gasteiger partial charge in [-0.25, -0.2) is 4.79 Å². The molecule has 9 atom stereocenters. The summed E-state index contributed by atoms with van der Waals surface area (Å²) < 4.78 is 29.6. The number of rotatable bonds is 4. The number of furan rings is 1. The number of carbonyl (C=O) groups excluding carboxylic acids is 3. The first-order chi connectivity index (χ1) is 16.9. The van der Waals surface area contributed by atoms with Gasteiger partial charge in [0.1, 0.15) is 23.7 Å². The van der Waals surface area contributed by atoms with Crippen molar-refractivity contribution < 1.29 is 42.9 Å². The molecule has 2 saturated heterocycles. The third kappa shape index (κ3) is 2.76. The first-order valence-corrected chi connectivity index (χ1v) is 12.5. The Morgan fingerprint density at radius 3 is 2.50 bits per heavy atom. The van der Waals surface area contributed by atoms with Gasteiger partial charge >= 0.3 is 17.9 Å². The minimum atomic E-state index is -1.27. The van der Waals surface area contributed by atoms with Crippen molar-refractivity contribution >= 4 is 17.9 Å². The molecule has 3 heterocycles. The Balaban J connectivity index is 1.72. The minimum absolute atomic E-state index is 0.244. The summed E-state index contributed by atoms with van der Waals surface area (Å²) in [5.41, 5.74) is -3.30. The van der Waals surface area contributed by atoms with Crippen molar-refractivity contribution in [1.29, 1.82) is 0 Å². The number of hydrogen-bond acceptors (Lipinski definition) is 9. The topological polar surface area (TPSA) is 122 Å². The van der Waals surface area contributed by atoms with Crippen LogP contribution < -0.4 is 0 Å². The first-order valence-electron chi connectivity index (χ1n) is 12.5. The zero-order valence-electron chi connectivity index (χ0n) is 21.5. The molecule has 2 aliphatic heterocycles. The molecular weight excluding hydrogens is 468 g/mol. The van der Waals surface area contributed by atoms with E-state index in [1.807, 2.05) is 20.8 Å². The maximum Gasteiger partial charge on any atom is 0.333 e. The van der Waals surface area contributed by atoms with Crippen LogP contribution in [-0.2, 0) is 33.3 Å². The van der Waals surface area contributed by atoms with E-state index in [9.17, 15) is 19.5 Å². The quantitative estimate of drug-likeness (QED) is 0.374. The standard InChI is InChI=1S/C27H34O9/c1-7-14(2)21(29)35-19-15(3)26(12-18(34-23(26)31)17-8-11-32-13-17)27-10-9-24(5,22(30)36-27)25(27,6)20(19)33-16(4)28/h7-8,11,13,15,18-20,22,30H,9-10,12H2,1-6H3/t15-,18-,19-,20-,22-,24+,25-,26+,27+/m1/s1. The Bertz CT molecular complexity index is 1120. The molecule has 4 fully saturated rings. The molecule has 9 heteroatoms. The zero-order valence-corrected chi connectivity index (χ0v) is 21.5. The van der Waals surface area contributed by atoms with Crippen molar-refractivity contribution in [3.63, 3.8) is 0 Å². The number of cyclic esters (lactones) is 1. The molecule has 0 amide bonds. The fourth-order valence-corrected chi connectivity index (χ4v) is 7.74. The van der Waals surface area contributed by atoms with Crippen molar-refractivity contribution in [1.82, 2.24) is 0 Å². The third-order valence-electron chi connectivity index (χ3n) is 10.1. The summed E-state index contributed by atoms with van der Waals surface area (Å²) in [6, 6.07) is 1.75. The lowest BCUT2D eigenvalue weighted by Gasteiger charge is -2.61. The lowest BCUT2D eigenvalue weighted by atomic mass is 9.44. The van der Waals surface area contributed by atoms with E-state index in [2.05, 4.69) is 0 Å². The van der Waals surface area contributed by atoms with Crippen molar-refractivity contribution in [2.75, 3.05) is 0 Å². The molecular formula is C27H34O9. The van der Waals surface area contributed by atoms with E-state index in [4.69, 9.17) is 23.4 Å². The van der Waals surface area contributed by atoms with E-state index < -0.39 is 70.3 Å². The van der Waals surface area contributed by atoms with Crippen LogP contribution in [0.15, 0.2) is 34.7 Å². The Morgan fingerprint density at radius 1 is 1.19 bits per heavy atom. The van der Waals surface area contributed by atoms with Gasteiger partial charge in [-0.05, 0) is 32.8 Å². The molecule has 196 valence electrons. The molecule has 36 heavy (non-hydrogen) atoms. The van der Waals surface area contributed by atoms with Crippen molar-refractivity contribution in [2.45, 2.75) is 91.0 Å². The summed E-state index contributed by atoms with van der Waals surface area (Å²) in [4.78, 5) is 39.4. The second-order valence-corrected chi connectivity index (χ2v) is 11.2. The molecule has 0 radical (unpaired) electrons. The SMILES string of the molecule is CC=C(C)C(=O)O[C@H]1[C@@H](OC(C)=O)[C@@]2(C)[C@@]3(CC[C@@]2(C)[C@H](O)O3)[C@@]2(C[C@H](c3ccoc3)OC2=O)[C@@H]1C. The molecule has 1 aromatic rings. The second kappa shape index (κ2) is 7.92. The Morgan fingerprint density at radius 2 is 1.92 bits per heavy atom. The number of aliphatic hydroxyl groups excluding tert-OH is 1. The molecule has 2 saturated carbocycles. The van der Waals surface area contributed by atoms with Crippen LogP contribution in [0.2, 0.25) is 0 Å². The van der Waals surface area contributed by atoms with Crippen LogP contribution in [0.25, 0.3) is 0 Å². The van der Waals surface area contributed by atoms with Gasteiger partial charge in [-0.15, -0.1) is 0 Å². The smallest absolute Gasteiger partial charge is 0.333 e. The number of aliphatic hydroxyl groups is 1. The van der Waals surface area contributed by atoms with Gasteiger partial charge in [-0.1, -0.05) is 26.8 Å². The summed E-state index contributed by atoms with van der Waals surface area (Å²) in [6.45, 7) is 10.3. The van der Waals surface area contributed by atoms with Gasteiger partial charge in [0, 0.05) is 41.2 Å². The monoisotopic (exact) mass is 502 g/mol. The highest BCUT2D eigenvalue weighted by atomic mass is 16.6. The van der Waals surface area contributed by atoms with Gasteiger partial charge < -0.3 is 28.5 Å².